The van der Waals surface area contributed by atoms with Gasteiger partial charge in [-0.05, 0) is 25.9 Å². The van der Waals surface area contributed by atoms with Crippen molar-refractivity contribution in [2.75, 3.05) is 27.2 Å². The summed E-state index contributed by atoms with van der Waals surface area (Å²) in [5.41, 5.74) is 0.968. The number of amides is 1. The van der Waals surface area contributed by atoms with Gasteiger partial charge in [0, 0.05) is 26.0 Å². The number of carboxylic acid groups (broad SMARTS) is 1. The predicted octanol–water partition coefficient (Wildman–Crippen LogP) is 1.07. The van der Waals surface area contributed by atoms with Crippen molar-refractivity contribution in [1.29, 1.82) is 0 Å². The third-order valence-electron chi connectivity index (χ3n) is 3.72. The van der Waals surface area contributed by atoms with Crippen molar-refractivity contribution < 1.29 is 14.7 Å². The highest BCUT2D eigenvalue weighted by Gasteiger charge is 2.24. The summed E-state index contributed by atoms with van der Waals surface area (Å²) in [7, 11) is 3.48. The highest BCUT2D eigenvalue weighted by atomic mass is 32.1. The van der Waals surface area contributed by atoms with Crippen LogP contribution >= 0.6 is 11.3 Å². The maximum atomic E-state index is 11.6. The smallest absolute Gasteiger partial charge is 0.306 e. The third kappa shape index (κ3) is 4.50. The monoisotopic (exact) mass is 311 g/mol. The molecule has 1 saturated heterocycles. The zero-order valence-electron chi connectivity index (χ0n) is 12.4. The molecule has 0 bridgehead atoms. The van der Waals surface area contributed by atoms with Crippen LogP contribution in [0.15, 0.2) is 5.38 Å². The van der Waals surface area contributed by atoms with Crippen LogP contribution in [0.5, 0.6) is 0 Å². The number of aliphatic carboxylic acids is 1. The highest BCUT2D eigenvalue weighted by molar-refractivity contribution is 7.09. The summed E-state index contributed by atoms with van der Waals surface area (Å²) in [4.78, 5) is 30.8. The number of thiazole rings is 1. The lowest BCUT2D eigenvalue weighted by Crippen LogP contribution is -2.35. The van der Waals surface area contributed by atoms with Gasteiger partial charge in [0.1, 0.15) is 5.01 Å². The largest absolute Gasteiger partial charge is 0.481 e. The zero-order valence-corrected chi connectivity index (χ0v) is 13.2. The first kappa shape index (κ1) is 15.9. The first-order valence-corrected chi connectivity index (χ1v) is 7.92. The number of piperidine rings is 1. The van der Waals surface area contributed by atoms with Gasteiger partial charge < -0.3 is 10.0 Å². The normalized spacial score (nSPS) is 16.9. The molecule has 1 aliphatic rings. The van der Waals surface area contributed by atoms with Crippen LogP contribution < -0.4 is 0 Å². The van der Waals surface area contributed by atoms with Gasteiger partial charge >= 0.3 is 5.97 Å². The molecule has 0 aliphatic carbocycles. The van der Waals surface area contributed by atoms with Crippen LogP contribution in [0.4, 0.5) is 0 Å². The van der Waals surface area contributed by atoms with Crippen LogP contribution in [0.25, 0.3) is 0 Å². The summed E-state index contributed by atoms with van der Waals surface area (Å²) in [5, 5.41) is 11.8. The molecule has 2 heterocycles. The van der Waals surface area contributed by atoms with E-state index >= 15 is 0 Å². The van der Waals surface area contributed by atoms with Gasteiger partial charge in [-0.1, -0.05) is 0 Å². The summed E-state index contributed by atoms with van der Waals surface area (Å²) < 4.78 is 0. The molecule has 21 heavy (non-hydrogen) atoms. The molecule has 1 aromatic rings. The molecule has 0 spiro atoms. The molecule has 0 unspecified atom stereocenters. The number of hydrogen-bond acceptors (Lipinski definition) is 5. The number of likely N-dealkylation sites (N-methyl/N-ethyl adjacent to an activating group) is 1. The van der Waals surface area contributed by atoms with E-state index in [9.17, 15) is 9.59 Å². The van der Waals surface area contributed by atoms with E-state index in [0.717, 1.165) is 30.3 Å². The SMILES string of the molecule is CN(C)C(=O)Cc1nc(CN2CCC(C(=O)O)CC2)cs1. The van der Waals surface area contributed by atoms with Gasteiger partial charge in [-0.25, -0.2) is 4.98 Å². The van der Waals surface area contributed by atoms with Crippen LogP contribution in [0.3, 0.4) is 0 Å². The molecule has 1 amide bonds. The topological polar surface area (TPSA) is 73.7 Å². The van der Waals surface area contributed by atoms with Crippen molar-refractivity contribution in [3.63, 3.8) is 0 Å². The van der Waals surface area contributed by atoms with E-state index in [1.54, 1.807) is 19.0 Å². The van der Waals surface area contributed by atoms with E-state index in [4.69, 9.17) is 5.11 Å². The molecule has 6 nitrogen and oxygen atoms in total. The van der Waals surface area contributed by atoms with Crippen molar-refractivity contribution in [2.24, 2.45) is 5.92 Å². The van der Waals surface area contributed by atoms with E-state index in [0.29, 0.717) is 19.3 Å². The van der Waals surface area contributed by atoms with Crippen LogP contribution in [-0.2, 0) is 22.6 Å². The Morgan fingerprint density at radius 2 is 2.10 bits per heavy atom. The number of rotatable bonds is 5. The van der Waals surface area contributed by atoms with Crippen molar-refractivity contribution in [1.82, 2.24) is 14.8 Å². The summed E-state index contributed by atoms with van der Waals surface area (Å²) >= 11 is 1.51. The van der Waals surface area contributed by atoms with Gasteiger partial charge in [-0.15, -0.1) is 11.3 Å². The Balaban J connectivity index is 1.83. The number of carbonyl (C=O) groups is 2. The van der Waals surface area contributed by atoms with Gasteiger partial charge in [-0.3, -0.25) is 14.5 Å². The first-order chi connectivity index (χ1) is 9.95. The molecule has 0 radical (unpaired) electrons. The van der Waals surface area contributed by atoms with Gasteiger partial charge in [0.05, 0.1) is 18.0 Å². The molecule has 1 aromatic heterocycles. The average molecular weight is 311 g/mol. The van der Waals surface area contributed by atoms with E-state index in [-0.39, 0.29) is 11.8 Å². The van der Waals surface area contributed by atoms with Crippen LogP contribution in [0.2, 0.25) is 0 Å². The Morgan fingerprint density at radius 1 is 1.43 bits per heavy atom. The summed E-state index contributed by atoms with van der Waals surface area (Å²) in [5.74, 6) is -0.837. The summed E-state index contributed by atoms with van der Waals surface area (Å²) in [6, 6.07) is 0. The van der Waals surface area contributed by atoms with E-state index in [1.165, 1.54) is 11.3 Å². The second kappa shape index (κ2) is 7.00. The quantitative estimate of drug-likeness (QED) is 0.880. The maximum absolute atomic E-state index is 11.6. The van der Waals surface area contributed by atoms with E-state index < -0.39 is 5.97 Å². The van der Waals surface area contributed by atoms with Crippen molar-refractivity contribution in [3.05, 3.63) is 16.1 Å². The number of nitrogens with zero attached hydrogens (tertiary/aromatic N) is 3. The Kier molecular flexibility index (Phi) is 5.30. The number of aromatic nitrogens is 1. The lowest BCUT2D eigenvalue weighted by molar-refractivity contribution is -0.143. The molecule has 0 atom stereocenters. The lowest BCUT2D eigenvalue weighted by atomic mass is 9.97. The first-order valence-electron chi connectivity index (χ1n) is 7.04. The molecule has 1 N–H and O–H groups in total. The molecule has 1 aliphatic heterocycles. The molecule has 0 aromatic carbocycles. The number of carbonyl (C=O) groups excluding carboxylic acids is 1. The van der Waals surface area contributed by atoms with E-state index in [2.05, 4.69) is 9.88 Å². The minimum Gasteiger partial charge on any atom is -0.481 e. The van der Waals surface area contributed by atoms with Gasteiger partial charge in [0.25, 0.3) is 0 Å². The van der Waals surface area contributed by atoms with Crippen molar-refractivity contribution >= 4 is 23.2 Å². The van der Waals surface area contributed by atoms with Crippen molar-refractivity contribution in [3.8, 4) is 0 Å². The van der Waals surface area contributed by atoms with Crippen LogP contribution in [0, 0.1) is 5.92 Å². The fourth-order valence-corrected chi connectivity index (χ4v) is 3.13. The van der Waals surface area contributed by atoms with Crippen molar-refractivity contribution in [2.45, 2.75) is 25.8 Å². The fourth-order valence-electron chi connectivity index (χ4n) is 2.36. The molecular weight excluding hydrogens is 290 g/mol. The third-order valence-corrected chi connectivity index (χ3v) is 4.62. The Labute approximate surface area is 128 Å². The zero-order chi connectivity index (χ0) is 15.4. The maximum Gasteiger partial charge on any atom is 0.306 e. The van der Waals surface area contributed by atoms with E-state index in [1.807, 2.05) is 5.38 Å². The molecular formula is C14H21N3O3S. The predicted molar refractivity (Wildman–Crippen MR) is 80.1 cm³/mol. The molecule has 116 valence electrons. The Hall–Kier alpha value is -1.47. The second-order valence-corrected chi connectivity index (χ2v) is 6.53. The number of likely N-dealkylation sites (tertiary alicyclic amines) is 1. The highest BCUT2D eigenvalue weighted by Crippen LogP contribution is 2.20. The Bertz CT molecular complexity index is 507. The molecule has 1 fully saturated rings. The minimum atomic E-state index is -0.687. The molecule has 7 heteroatoms. The van der Waals surface area contributed by atoms with Gasteiger partial charge in [0.2, 0.25) is 5.91 Å². The summed E-state index contributed by atoms with van der Waals surface area (Å²) in [6.45, 7) is 2.32. The summed E-state index contributed by atoms with van der Waals surface area (Å²) in [6.07, 6.45) is 1.75. The minimum absolute atomic E-state index is 0.0539. The van der Waals surface area contributed by atoms with Crippen LogP contribution in [-0.4, -0.2) is 59.0 Å². The number of hydrogen-bond donors (Lipinski definition) is 1. The second-order valence-electron chi connectivity index (χ2n) is 5.59. The van der Waals surface area contributed by atoms with Gasteiger partial charge in [-0.2, -0.15) is 0 Å². The fraction of sp³-hybridized carbons (Fsp3) is 0.643. The molecule has 2 rings (SSSR count). The average Bonchev–Trinajstić information content (AvgIpc) is 2.86. The van der Waals surface area contributed by atoms with Crippen LogP contribution in [0.1, 0.15) is 23.5 Å². The number of carboxylic acids is 1. The molecule has 0 saturated carbocycles. The standard InChI is InChI=1S/C14H21N3O3S/c1-16(2)13(18)7-12-15-11(9-21-12)8-17-5-3-10(4-6-17)14(19)20/h9-10H,3-8H2,1-2H3,(H,19,20). The lowest BCUT2D eigenvalue weighted by Gasteiger charge is -2.29. The van der Waals surface area contributed by atoms with Gasteiger partial charge in [0.15, 0.2) is 0 Å². The Morgan fingerprint density at radius 3 is 2.67 bits per heavy atom.